The highest BCUT2D eigenvalue weighted by atomic mass is 16.3. The smallest absolute Gasteiger partial charge is 0.265 e. The molecular formula is C14H19N3O2. The number of aromatic nitrogens is 2. The third-order valence-corrected chi connectivity index (χ3v) is 2.98. The van der Waals surface area contributed by atoms with E-state index in [1.807, 2.05) is 13.0 Å². The molecule has 0 aliphatic rings. The van der Waals surface area contributed by atoms with Crippen LogP contribution in [0, 0.1) is 12.8 Å². The van der Waals surface area contributed by atoms with E-state index in [4.69, 9.17) is 0 Å². The van der Waals surface area contributed by atoms with Crippen molar-refractivity contribution in [3.05, 3.63) is 39.8 Å². The summed E-state index contributed by atoms with van der Waals surface area (Å²) in [4.78, 5) is 16.8. The maximum atomic E-state index is 12.3. The molecule has 5 heteroatoms. The topological polar surface area (TPSA) is 66.6 Å². The summed E-state index contributed by atoms with van der Waals surface area (Å²) in [6.07, 6.45) is 1.67. The number of hydrogen-bond donors (Lipinski definition) is 2. The summed E-state index contributed by atoms with van der Waals surface area (Å²) in [5.74, 6) is 0.916. The van der Waals surface area contributed by atoms with Crippen molar-refractivity contribution in [1.82, 2.24) is 9.38 Å². The van der Waals surface area contributed by atoms with Gasteiger partial charge in [-0.1, -0.05) is 19.9 Å². The lowest BCUT2D eigenvalue weighted by atomic mass is 10.2. The number of aliphatic hydroxyl groups is 1. The van der Waals surface area contributed by atoms with Crippen LogP contribution in [0.5, 0.6) is 0 Å². The third kappa shape index (κ3) is 2.61. The number of pyridine rings is 1. The van der Waals surface area contributed by atoms with Crippen molar-refractivity contribution in [3.63, 3.8) is 0 Å². The van der Waals surface area contributed by atoms with Gasteiger partial charge in [-0.25, -0.2) is 4.98 Å². The lowest BCUT2D eigenvalue weighted by molar-refractivity contribution is 0.280. The second kappa shape index (κ2) is 5.40. The van der Waals surface area contributed by atoms with E-state index < -0.39 is 0 Å². The minimum absolute atomic E-state index is 0.220. The van der Waals surface area contributed by atoms with Crippen LogP contribution in [0.2, 0.25) is 0 Å². The molecule has 0 bridgehead atoms. The van der Waals surface area contributed by atoms with Gasteiger partial charge in [0.15, 0.2) is 0 Å². The van der Waals surface area contributed by atoms with Gasteiger partial charge in [0.2, 0.25) is 0 Å². The lowest BCUT2D eigenvalue weighted by Crippen LogP contribution is -2.24. The van der Waals surface area contributed by atoms with Crippen LogP contribution in [0.4, 0.5) is 5.82 Å². The Morgan fingerprint density at radius 1 is 1.47 bits per heavy atom. The number of nitrogens with one attached hydrogen (secondary N) is 1. The first-order chi connectivity index (χ1) is 9.04. The van der Waals surface area contributed by atoms with E-state index in [2.05, 4.69) is 24.1 Å². The number of aryl methyl sites for hydroxylation is 1. The van der Waals surface area contributed by atoms with Crippen LogP contribution in [0.3, 0.4) is 0 Å². The first kappa shape index (κ1) is 13.5. The largest absolute Gasteiger partial charge is 0.391 e. The highest BCUT2D eigenvalue weighted by Crippen LogP contribution is 2.13. The van der Waals surface area contributed by atoms with E-state index in [9.17, 15) is 9.90 Å². The molecule has 0 aliphatic carbocycles. The summed E-state index contributed by atoms with van der Waals surface area (Å²) in [5, 5.41) is 12.5. The Hall–Kier alpha value is -1.88. The summed E-state index contributed by atoms with van der Waals surface area (Å²) in [5.41, 5.74) is 1.64. The van der Waals surface area contributed by atoms with Crippen molar-refractivity contribution in [2.75, 3.05) is 11.9 Å². The SMILES string of the molecule is Cc1cccn2c(=O)c(CO)c(NCC(C)C)nc12. The number of anilines is 1. The van der Waals surface area contributed by atoms with Gasteiger partial charge in [0, 0.05) is 12.7 Å². The summed E-state index contributed by atoms with van der Waals surface area (Å²) >= 11 is 0. The Labute approximate surface area is 111 Å². The molecule has 0 fully saturated rings. The number of aliphatic hydroxyl groups excluding tert-OH is 1. The van der Waals surface area contributed by atoms with Crippen molar-refractivity contribution >= 4 is 11.5 Å². The average Bonchev–Trinajstić information content (AvgIpc) is 2.37. The molecule has 2 aromatic rings. The molecule has 0 saturated carbocycles. The van der Waals surface area contributed by atoms with Crippen LogP contribution in [-0.4, -0.2) is 21.0 Å². The fourth-order valence-electron chi connectivity index (χ4n) is 1.92. The quantitative estimate of drug-likeness (QED) is 0.876. The molecule has 2 rings (SSSR count). The Morgan fingerprint density at radius 2 is 2.21 bits per heavy atom. The van der Waals surface area contributed by atoms with Gasteiger partial charge in [0.25, 0.3) is 5.56 Å². The molecule has 0 amide bonds. The molecule has 102 valence electrons. The number of hydrogen-bond acceptors (Lipinski definition) is 4. The van der Waals surface area contributed by atoms with Gasteiger partial charge < -0.3 is 10.4 Å². The molecule has 0 saturated heterocycles. The minimum atomic E-state index is -0.316. The van der Waals surface area contributed by atoms with E-state index >= 15 is 0 Å². The average molecular weight is 261 g/mol. The van der Waals surface area contributed by atoms with E-state index in [1.54, 1.807) is 12.3 Å². The Balaban J connectivity index is 2.62. The van der Waals surface area contributed by atoms with Gasteiger partial charge in [-0.05, 0) is 24.5 Å². The molecule has 2 N–H and O–H groups in total. The molecule has 19 heavy (non-hydrogen) atoms. The standard InChI is InChI=1S/C14H19N3O2/c1-9(2)7-15-12-11(8-18)14(19)17-6-4-5-10(3)13(17)16-12/h4-6,9,15,18H,7-8H2,1-3H3. The van der Waals surface area contributed by atoms with Gasteiger partial charge in [-0.3, -0.25) is 9.20 Å². The molecule has 0 unspecified atom stereocenters. The number of fused-ring (bicyclic) bond motifs is 1. The van der Waals surface area contributed by atoms with Crippen LogP contribution in [-0.2, 0) is 6.61 Å². The first-order valence-electron chi connectivity index (χ1n) is 6.40. The van der Waals surface area contributed by atoms with E-state index in [0.29, 0.717) is 29.5 Å². The van der Waals surface area contributed by atoms with E-state index in [-0.39, 0.29) is 12.2 Å². The normalized spacial score (nSPS) is 11.2. The Kier molecular flexibility index (Phi) is 3.85. The fourth-order valence-corrected chi connectivity index (χ4v) is 1.92. The second-order valence-electron chi connectivity index (χ2n) is 5.06. The van der Waals surface area contributed by atoms with Gasteiger partial charge in [-0.2, -0.15) is 0 Å². The van der Waals surface area contributed by atoms with E-state index in [1.165, 1.54) is 4.40 Å². The molecule has 2 heterocycles. The van der Waals surface area contributed by atoms with Gasteiger partial charge in [0.1, 0.15) is 11.5 Å². The summed E-state index contributed by atoms with van der Waals surface area (Å²) in [6.45, 7) is 6.45. The Morgan fingerprint density at radius 3 is 2.84 bits per heavy atom. The third-order valence-electron chi connectivity index (χ3n) is 2.98. The first-order valence-corrected chi connectivity index (χ1v) is 6.40. The van der Waals surface area contributed by atoms with Crippen molar-refractivity contribution in [1.29, 1.82) is 0 Å². The predicted molar refractivity (Wildman–Crippen MR) is 75.4 cm³/mol. The van der Waals surface area contributed by atoms with Crippen molar-refractivity contribution in [2.45, 2.75) is 27.4 Å². The van der Waals surface area contributed by atoms with E-state index in [0.717, 1.165) is 5.56 Å². The highest BCUT2D eigenvalue weighted by molar-refractivity contribution is 5.55. The van der Waals surface area contributed by atoms with Gasteiger partial charge in [0.05, 0.1) is 12.2 Å². The van der Waals surface area contributed by atoms with Crippen LogP contribution in [0.1, 0.15) is 25.0 Å². The minimum Gasteiger partial charge on any atom is -0.391 e. The van der Waals surface area contributed by atoms with Crippen LogP contribution in [0.15, 0.2) is 23.1 Å². The molecule has 0 spiro atoms. The maximum absolute atomic E-state index is 12.3. The zero-order valence-electron chi connectivity index (χ0n) is 11.5. The molecule has 0 atom stereocenters. The summed E-state index contributed by atoms with van der Waals surface area (Å²) < 4.78 is 1.47. The lowest BCUT2D eigenvalue weighted by Gasteiger charge is -2.13. The summed E-state index contributed by atoms with van der Waals surface area (Å²) in [7, 11) is 0. The van der Waals surface area contributed by atoms with Crippen LogP contribution >= 0.6 is 0 Å². The summed E-state index contributed by atoms with van der Waals surface area (Å²) in [6, 6.07) is 3.71. The molecule has 5 nitrogen and oxygen atoms in total. The maximum Gasteiger partial charge on any atom is 0.265 e. The monoisotopic (exact) mass is 261 g/mol. The molecule has 0 radical (unpaired) electrons. The van der Waals surface area contributed by atoms with Crippen molar-refractivity contribution in [2.24, 2.45) is 5.92 Å². The number of nitrogens with zero attached hydrogens (tertiary/aromatic N) is 2. The molecular weight excluding hydrogens is 242 g/mol. The van der Waals surface area contributed by atoms with Crippen molar-refractivity contribution in [3.8, 4) is 0 Å². The highest BCUT2D eigenvalue weighted by Gasteiger charge is 2.12. The van der Waals surface area contributed by atoms with Crippen molar-refractivity contribution < 1.29 is 5.11 Å². The number of rotatable bonds is 4. The van der Waals surface area contributed by atoms with Gasteiger partial charge >= 0.3 is 0 Å². The van der Waals surface area contributed by atoms with Crippen LogP contribution < -0.4 is 10.9 Å². The van der Waals surface area contributed by atoms with Crippen LogP contribution in [0.25, 0.3) is 5.65 Å². The molecule has 2 aromatic heterocycles. The fraction of sp³-hybridized carbons (Fsp3) is 0.429. The molecule has 0 aromatic carbocycles. The Bertz CT molecular complexity index is 647. The zero-order valence-corrected chi connectivity index (χ0v) is 11.5. The van der Waals surface area contributed by atoms with Gasteiger partial charge in [-0.15, -0.1) is 0 Å². The second-order valence-corrected chi connectivity index (χ2v) is 5.06. The zero-order chi connectivity index (χ0) is 14.0. The molecule has 0 aliphatic heterocycles. The predicted octanol–water partition coefficient (Wildman–Crippen LogP) is 1.56.